The van der Waals surface area contributed by atoms with Crippen LogP contribution in [-0.4, -0.2) is 45.3 Å². The highest BCUT2D eigenvalue weighted by Gasteiger charge is 2.22. The summed E-state index contributed by atoms with van der Waals surface area (Å²) in [6, 6.07) is 6.70. The molecule has 0 radical (unpaired) electrons. The van der Waals surface area contributed by atoms with Crippen LogP contribution < -0.4 is 16.0 Å². The summed E-state index contributed by atoms with van der Waals surface area (Å²) in [4.78, 5) is 14.2. The van der Waals surface area contributed by atoms with Crippen molar-refractivity contribution in [1.29, 1.82) is 0 Å². The zero-order valence-corrected chi connectivity index (χ0v) is 16.9. The third kappa shape index (κ3) is 6.33. The maximum atomic E-state index is 11.8. The number of rotatable bonds is 5. The number of amides is 1. The van der Waals surface area contributed by atoms with Crippen LogP contribution in [0.15, 0.2) is 29.2 Å². The van der Waals surface area contributed by atoms with E-state index in [1.54, 1.807) is 26.0 Å². The van der Waals surface area contributed by atoms with Gasteiger partial charge in [-0.2, -0.15) is 0 Å². The molecule has 3 N–H and O–H groups in total. The number of sulfone groups is 1. The van der Waals surface area contributed by atoms with Crippen molar-refractivity contribution in [2.75, 3.05) is 23.7 Å². The monoisotopic (exact) mass is 411 g/mol. The van der Waals surface area contributed by atoms with Crippen LogP contribution in [0.1, 0.15) is 26.7 Å². The molecule has 1 aliphatic heterocycles. The number of hydrogen-bond acceptors (Lipinski definition) is 5. The van der Waals surface area contributed by atoms with Gasteiger partial charge >= 0.3 is 0 Å². The van der Waals surface area contributed by atoms with E-state index in [9.17, 15) is 13.2 Å². The van der Waals surface area contributed by atoms with Crippen molar-refractivity contribution in [2.24, 2.45) is 5.73 Å². The quantitative estimate of drug-likeness (QED) is 0.769. The summed E-state index contributed by atoms with van der Waals surface area (Å²) in [5, 5.41) is 2.96. The molecule has 6 nitrogen and oxygen atoms in total. The van der Waals surface area contributed by atoms with Gasteiger partial charge in [-0.3, -0.25) is 4.79 Å². The highest BCUT2D eigenvalue weighted by Crippen LogP contribution is 2.22. The summed E-state index contributed by atoms with van der Waals surface area (Å²) in [6.07, 6.45) is 1.71. The molecule has 0 saturated carbocycles. The number of carbonyl (C=O) groups excluding carboxylic acids is 1. The summed E-state index contributed by atoms with van der Waals surface area (Å²) in [5.41, 5.74) is 6.57. The van der Waals surface area contributed by atoms with Gasteiger partial charge < -0.3 is 16.0 Å². The zero-order valence-electron chi connectivity index (χ0n) is 14.5. The standard InChI is InChI=1S/C16H25N3O3S.2ClH/c1-3-23(21,22)15-6-4-14(5-7-15)19-10-8-13(9-11-19)18-16(20)12(2)17;;/h4-7,12-13H,3,8-11,17H2,1-2H3,(H,18,20);2*1H/t12-;;/m1../s1. The third-order valence-corrected chi connectivity index (χ3v) is 5.95. The molecule has 1 aromatic rings. The maximum absolute atomic E-state index is 11.8. The van der Waals surface area contributed by atoms with E-state index in [0.29, 0.717) is 4.90 Å². The van der Waals surface area contributed by atoms with Crippen LogP contribution >= 0.6 is 24.8 Å². The molecule has 2 rings (SSSR count). The Bertz CT molecular complexity index is 643. The Hall–Kier alpha value is -1.02. The smallest absolute Gasteiger partial charge is 0.236 e. The highest BCUT2D eigenvalue weighted by atomic mass is 35.5. The number of hydrogen-bond donors (Lipinski definition) is 2. The minimum atomic E-state index is -3.15. The predicted octanol–water partition coefficient (Wildman–Crippen LogP) is 1.76. The van der Waals surface area contributed by atoms with Gasteiger partial charge in [-0.25, -0.2) is 8.42 Å². The van der Waals surface area contributed by atoms with Gasteiger partial charge in [-0.05, 0) is 44.0 Å². The molecule has 1 atom stereocenters. The second-order valence-corrected chi connectivity index (χ2v) is 8.23. The number of nitrogens with one attached hydrogen (secondary N) is 1. The normalized spacial score (nSPS) is 16.4. The molecule has 1 heterocycles. The van der Waals surface area contributed by atoms with E-state index in [-0.39, 0.29) is 42.5 Å². The summed E-state index contributed by atoms with van der Waals surface area (Å²) in [6.45, 7) is 4.97. The number of halogens is 2. The maximum Gasteiger partial charge on any atom is 0.236 e. The van der Waals surface area contributed by atoms with E-state index in [1.165, 1.54) is 0 Å². The summed E-state index contributed by atoms with van der Waals surface area (Å²) in [7, 11) is -3.15. The Morgan fingerprint density at radius 3 is 2.20 bits per heavy atom. The molecule has 1 aromatic carbocycles. The fourth-order valence-electron chi connectivity index (χ4n) is 2.65. The van der Waals surface area contributed by atoms with E-state index in [0.717, 1.165) is 31.6 Å². The van der Waals surface area contributed by atoms with E-state index >= 15 is 0 Å². The van der Waals surface area contributed by atoms with Gasteiger partial charge in [0.05, 0.1) is 16.7 Å². The molecule has 9 heteroatoms. The number of nitrogens with two attached hydrogens (primary N) is 1. The van der Waals surface area contributed by atoms with Crippen LogP contribution in [0.4, 0.5) is 5.69 Å². The van der Waals surface area contributed by atoms with Crippen LogP contribution in [0.3, 0.4) is 0 Å². The molecule has 1 amide bonds. The van der Waals surface area contributed by atoms with Gasteiger partial charge in [0.25, 0.3) is 0 Å². The minimum Gasteiger partial charge on any atom is -0.371 e. The first-order valence-corrected chi connectivity index (χ1v) is 9.62. The average Bonchev–Trinajstić information content (AvgIpc) is 2.55. The molecule has 0 bridgehead atoms. The molecule has 25 heavy (non-hydrogen) atoms. The van der Waals surface area contributed by atoms with Gasteiger partial charge in [-0.1, -0.05) is 6.92 Å². The van der Waals surface area contributed by atoms with Crippen molar-refractivity contribution < 1.29 is 13.2 Å². The summed E-state index contributed by atoms with van der Waals surface area (Å²) < 4.78 is 23.7. The Morgan fingerprint density at radius 2 is 1.76 bits per heavy atom. The van der Waals surface area contributed by atoms with Gasteiger partial charge in [0.1, 0.15) is 0 Å². The van der Waals surface area contributed by atoms with Crippen LogP contribution in [0.5, 0.6) is 0 Å². The SMILES string of the molecule is CCS(=O)(=O)c1ccc(N2CCC(NC(=O)[C@@H](C)N)CC2)cc1.Cl.Cl. The number of carbonyl (C=O) groups is 1. The Labute approximate surface area is 162 Å². The fraction of sp³-hybridized carbons (Fsp3) is 0.562. The first kappa shape index (κ1) is 24.0. The van der Waals surface area contributed by atoms with E-state index in [4.69, 9.17) is 5.73 Å². The van der Waals surface area contributed by atoms with E-state index in [1.807, 2.05) is 12.1 Å². The molecular weight excluding hydrogens is 385 g/mol. The molecule has 0 aromatic heterocycles. The van der Waals surface area contributed by atoms with Crippen molar-refractivity contribution in [3.8, 4) is 0 Å². The van der Waals surface area contributed by atoms with Gasteiger partial charge in [0.15, 0.2) is 9.84 Å². The van der Waals surface area contributed by atoms with E-state index in [2.05, 4.69) is 10.2 Å². The minimum absolute atomic E-state index is 0. The summed E-state index contributed by atoms with van der Waals surface area (Å²) >= 11 is 0. The molecule has 1 fully saturated rings. The van der Waals surface area contributed by atoms with Crippen molar-refractivity contribution in [3.05, 3.63) is 24.3 Å². The molecule has 144 valence electrons. The molecule has 1 aliphatic rings. The molecule has 0 spiro atoms. The van der Waals surface area contributed by atoms with Crippen LogP contribution in [0.2, 0.25) is 0 Å². The lowest BCUT2D eigenvalue weighted by molar-refractivity contribution is -0.122. The third-order valence-electron chi connectivity index (χ3n) is 4.20. The van der Waals surface area contributed by atoms with Crippen LogP contribution in [0.25, 0.3) is 0 Å². The molecule has 0 unspecified atom stereocenters. The van der Waals surface area contributed by atoms with Crippen LogP contribution in [0, 0.1) is 0 Å². The highest BCUT2D eigenvalue weighted by molar-refractivity contribution is 7.91. The van der Waals surface area contributed by atoms with Crippen molar-refractivity contribution in [3.63, 3.8) is 0 Å². The van der Waals surface area contributed by atoms with Crippen molar-refractivity contribution in [2.45, 2.75) is 43.7 Å². The Kier molecular flexibility index (Phi) is 9.79. The topological polar surface area (TPSA) is 92.5 Å². The number of anilines is 1. The number of benzene rings is 1. The Morgan fingerprint density at radius 1 is 1.24 bits per heavy atom. The number of nitrogens with zero attached hydrogens (tertiary/aromatic N) is 1. The largest absolute Gasteiger partial charge is 0.371 e. The lowest BCUT2D eigenvalue weighted by Crippen LogP contribution is -2.48. The van der Waals surface area contributed by atoms with E-state index < -0.39 is 15.9 Å². The van der Waals surface area contributed by atoms with Gasteiger partial charge in [0, 0.05) is 24.8 Å². The Balaban J connectivity index is 0.00000288. The fourth-order valence-corrected chi connectivity index (χ4v) is 3.53. The zero-order chi connectivity index (χ0) is 17.0. The lowest BCUT2D eigenvalue weighted by atomic mass is 10.0. The molecule has 1 saturated heterocycles. The first-order valence-electron chi connectivity index (χ1n) is 7.97. The summed E-state index contributed by atoms with van der Waals surface area (Å²) in [5.74, 6) is -0.00522. The second kappa shape index (κ2) is 10.2. The van der Waals surface area contributed by atoms with Crippen molar-refractivity contribution in [1.82, 2.24) is 5.32 Å². The molecular formula is C16H27Cl2N3O3S. The van der Waals surface area contributed by atoms with Crippen molar-refractivity contribution >= 4 is 46.2 Å². The molecule has 0 aliphatic carbocycles. The second-order valence-electron chi connectivity index (χ2n) is 5.96. The average molecular weight is 412 g/mol. The van der Waals surface area contributed by atoms with Gasteiger partial charge in [-0.15, -0.1) is 24.8 Å². The van der Waals surface area contributed by atoms with Gasteiger partial charge in [0.2, 0.25) is 5.91 Å². The lowest BCUT2D eigenvalue weighted by Gasteiger charge is -2.34. The van der Waals surface area contributed by atoms with Crippen LogP contribution in [-0.2, 0) is 14.6 Å². The number of piperidine rings is 1. The predicted molar refractivity (Wildman–Crippen MR) is 106 cm³/mol. The first-order chi connectivity index (χ1) is 10.8.